The molecule has 11 nitrogen and oxygen atoms in total. The topological polar surface area (TPSA) is 128 Å². The van der Waals surface area contributed by atoms with Gasteiger partial charge in [0.15, 0.2) is 17.4 Å². The van der Waals surface area contributed by atoms with Gasteiger partial charge in [-0.15, -0.1) is 5.10 Å². The molecule has 53 heavy (non-hydrogen) atoms. The lowest BCUT2D eigenvalue weighted by Gasteiger charge is -2.37. The number of carbonyl (C=O) groups excluding carboxylic acids is 4. The third-order valence-corrected chi connectivity index (χ3v) is 9.88. The molecule has 0 bridgehead atoms. The van der Waals surface area contributed by atoms with Crippen LogP contribution in [0.25, 0.3) is 22.9 Å². The van der Waals surface area contributed by atoms with Crippen LogP contribution in [0.4, 0.5) is 4.39 Å². The second-order valence-electron chi connectivity index (χ2n) is 12.8. The van der Waals surface area contributed by atoms with E-state index in [2.05, 4.69) is 15.5 Å². The average molecular weight is 733 g/mol. The van der Waals surface area contributed by atoms with Crippen LogP contribution in [-0.2, 0) is 27.2 Å². The summed E-state index contributed by atoms with van der Waals surface area (Å²) in [6.45, 7) is 3.79. The molecule has 3 heterocycles. The minimum atomic E-state index is -0.964. The van der Waals surface area contributed by atoms with Crippen LogP contribution >= 0.6 is 11.6 Å². The van der Waals surface area contributed by atoms with Gasteiger partial charge < -0.3 is 14.5 Å². The number of carbonyl (C=O) groups is 4. The Morgan fingerprint density at radius 1 is 0.925 bits per heavy atom. The molecule has 7 rings (SSSR count). The summed E-state index contributed by atoms with van der Waals surface area (Å²) in [5.74, 6) is -1.62. The van der Waals surface area contributed by atoms with E-state index in [0.717, 1.165) is 16.7 Å². The standard InChI is InChI=1S/C40H34ClFN6O5/c1-25(49)27-7-5-26(6-8-27)23-36(50)39-32-4-2-3-30(28-9-11-29(12-10-28)40(52)46-19-21-53-22-20-46)31(32)17-18-47(39)37(51)16-13-33-35(48-24-43-44-45-48)15-14-34(41)38(33)42/h2-16,24,39H,17-23H2,1H3/b16-13+. The monoisotopic (exact) mass is 732 g/mol. The van der Waals surface area contributed by atoms with E-state index in [9.17, 15) is 19.2 Å². The quantitative estimate of drug-likeness (QED) is 0.139. The van der Waals surface area contributed by atoms with Gasteiger partial charge in [0.25, 0.3) is 5.91 Å². The Kier molecular flexibility index (Phi) is 10.3. The number of fused-ring (bicyclic) bond motifs is 1. The largest absolute Gasteiger partial charge is 0.378 e. The first-order chi connectivity index (χ1) is 25.7. The number of nitrogens with zero attached hydrogens (tertiary/aromatic N) is 6. The molecule has 1 saturated heterocycles. The fourth-order valence-corrected chi connectivity index (χ4v) is 7.02. The Labute approximate surface area is 309 Å². The molecule has 268 valence electrons. The van der Waals surface area contributed by atoms with Crippen LogP contribution < -0.4 is 0 Å². The summed E-state index contributed by atoms with van der Waals surface area (Å²) in [6.07, 6.45) is 4.29. The number of ketones is 2. The van der Waals surface area contributed by atoms with E-state index < -0.39 is 17.8 Å². The lowest BCUT2D eigenvalue weighted by Crippen LogP contribution is -2.43. The van der Waals surface area contributed by atoms with Gasteiger partial charge in [0.1, 0.15) is 12.4 Å². The van der Waals surface area contributed by atoms with Gasteiger partial charge in [0.2, 0.25) is 5.91 Å². The minimum Gasteiger partial charge on any atom is -0.378 e. The number of rotatable bonds is 9. The molecule has 0 N–H and O–H groups in total. The van der Waals surface area contributed by atoms with Gasteiger partial charge in [0.05, 0.1) is 23.9 Å². The average Bonchev–Trinajstić information content (AvgIpc) is 3.73. The highest BCUT2D eigenvalue weighted by atomic mass is 35.5. The Morgan fingerprint density at radius 2 is 1.66 bits per heavy atom. The van der Waals surface area contributed by atoms with Crippen molar-refractivity contribution in [3.63, 3.8) is 0 Å². The van der Waals surface area contributed by atoms with Crippen LogP contribution in [0.15, 0.2) is 91.3 Å². The van der Waals surface area contributed by atoms with Crippen molar-refractivity contribution in [2.24, 2.45) is 0 Å². The first-order valence-electron chi connectivity index (χ1n) is 17.1. The van der Waals surface area contributed by atoms with E-state index >= 15 is 4.39 Å². The molecular formula is C40H34ClFN6O5. The van der Waals surface area contributed by atoms with Crippen molar-refractivity contribution in [2.45, 2.75) is 25.8 Å². The zero-order chi connectivity index (χ0) is 37.1. The van der Waals surface area contributed by atoms with Crippen LogP contribution in [-0.4, -0.2) is 86.2 Å². The first-order valence-corrected chi connectivity index (χ1v) is 17.5. The predicted molar refractivity (Wildman–Crippen MR) is 195 cm³/mol. The van der Waals surface area contributed by atoms with E-state index in [1.54, 1.807) is 35.2 Å². The molecule has 2 aliphatic heterocycles. The van der Waals surface area contributed by atoms with Crippen LogP contribution in [0, 0.1) is 5.82 Å². The molecule has 13 heteroatoms. The molecular weight excluding hydrogens is 699 g/mol. The summed E-state index contributed by atoms with van der Waals surface area (Å²) in [7, 11) is 0. The third kappa shape index (κ3) is 7.41. The number of morpholine rings is 1. The highest BCUT2D eigenvalue weighted by Gasteiger charge is 2.36. The second kappa shape index (κ2) is 15.4. The summed E-state index contributed by atoms with van der Waals surface area (Å²) in [5, 5.41) is 10.9. The molecule has 1 unspecified atom stereocenters. The maximum absolute atomic E-state index is 15.3. The summed E-state index contributed by atoms with van der Waals surface area (Å²) < 4.78 is 22.0. The van der Waals surface area contributed by atoms with Crippen molar-refractivity contribution in [2.75, 3.05) is 32.8 Å². The Balaban J connectivity index is 1.22. The van der Waals surface area contributed by atoms with E-state index in [-0.39, 0.29) is 46.7 Å². The highest BCUT2D eigenvalue weighted by molar-refractivity contribution is 6.31. The van der Waals surface area contributed by atoms with Gasteiger partial charge in [-0.25, -0.2) is 4.39 Å². The van der Waals surface area contributed by atoms with Crippen molar-refractivity contribution in [3.05, 3.63) is 135 Å². The zero-order valence-electron chi connectivity index (χ0n) is 28.7. The third-order valence-electron chi connectivity index (χ3n) is 9.59. The van der Waals surface area contributed by atoms with Gasteiger partial charge in [-0.1, -0.05) is 66.2 Å². The Morgan fingerprint density at radius 3 is 2.36 bits per heavy atom. The van der Waals surface area contributed by atoms with Gasteiger partial charge in [-0.3, -0.25) is 19.2 Å². The van der Waals surface area contributed by atoms with Crippen LogP contribution in [0.3, 0.4) is 0 Å². The number of hydrogen-bond acceptors (Lipinski definition) is 8. The van der Waals surface area contributed by atoms with Gasteiger partial charge in [-0.2, -0.15) is 4.68 Å². The summed E-state index contributed by atoms with van der Waals surface area (Å²) >= 11 is 6.11. The number of hydrogen-bond donors (Lipinski definition) is 0. The molecule has 1 fully saturated rings. The predicted octanol–water partition coefficient (Wildman–Crippen LogP) is 5.75. The number of aromatic nitrogens is 4. The lowest BCUT2D eigenvalue weighted by atomic mass is 9.83. The zero-order valence-corrected chi connectivity index (χ0v) is 29.5. The second-order valence-corrected chi connectivity index (χ2v) is 13.2. The molecule has 0 saturated carbocycles. The number of tetrazole rings is 1. The first kappa shape index (κ1) is 35.5. The fraction of sp³-hybridized carbons (Fsp3) is 0.225. The maximum Gasteiger partial charge on any atom is 0.254 e. The molecule has 0 spiro atoms. The van der Waals surface area contributed by atoms with Crippen molar-refractivity contribution in [1.82, 2.24) is 30.0 Å². The molecule has 1 aromatic heterocycles. The number of Topliss-reactive ketones (excluding diaryl/α,β-unsaturated/α-hetero) is 2. The molecule has 4 aromatic carbocycles. The van der Waals surface area contributed by atoms with Crippen molar-refractivity contribution >= 4 is 41.1 Å². The van der Waals surface area contributed by atoms with E-state index in [0.29, 0.717) is 55.0 Å². The van der Waals surface area contributed by atoms with E-state index in [1.807, 2.05) is 42.5 Å². The molecule has 1 atom stereocenters. The van der Waals surface area contributed by atoms with Crippen LogP contribution in [0.1, 0.15) is 55.9 Å². The lowest BCUT2D eigenvalue weighted by molar-refractivity contribution is -0.136. The molecule has 5 aromatic rings. The summed E-state index contributed by atoms with van der Waals surface area (Å²) in [5.41, 5.74) is 5.44. The Bertz CT molecular complexity index is 2220. The van der Waals surface area contributed by atoms with Gasteiger partial charge in [0, 0.05) is 48.8 Å². The SMILES string of the molecule is CC(=O)c1ccc(CC(=O)C2c3cccc(-c4ccc(C(=O)N5CCOCC5)cc4)c3CCN2C(=O)/C=C/c2c(-n3cnnn3)ccc(Cl)c2F)cc1. The van der Waals surface area contributed by atoms with Crippen LogP contribution in [0.2, 0.25) is 5.02 Å². The molecule has 0 radical (unpaired) electrons. The molecule has 2 aliphatic rings. The minimum absolute atomic E-state index is 0.00170. The van der Waals surface area contributed by atoms with Gasteiger partial charge in [-0.05, 0) is 81.9 Å². The number of halogens is 2. The normalized spacial score (nSPS) is 15.7. The molecule has 0 aliphatic carbocycles. The summed E-state index contributed by atoms with van der Waals surface area (Å²) in [4.78, 5) is 56.6. The number of amides is 2. The van der Waals surface area contributed by atoms with Crippen LogP contribution in [0.5, 0.6) is 0 Å². The highest BCUT2D eigenvalue weighted by Crippen LogP contribution is 2.38. The summed E-state index contributed by atoms with van der Waals surface area (Å²) in [6, 6.07) is 21.9. The molecule has 2 amide bonds. The number of benzene rings is 4. The van der Waals surface area contributed by atoms with E-state index in [1.165, 1.54) is 41.1 Å². The van der Waals surface area contributed by atoms with Gasteiger partial charge >= 0.3 is 0 Å². The van der Waals surface area contributed by atoms with E-state index in [4.69, 9.17) is 16.3 Å². The Hall–Kier alpha value is -5.85. The fourth-order valence-electron chi connectivity index (χ4n) is 6.86. The maximum atomic E-state index is 15.3. The smallest absolute Gasteiger partial charge is 0.254 e. The van der Waals surface area contributed by atoms with Crippen molar-refractivity contribution in [1.29, 1.82) is 0 Å². The number of ether oxygens (including phenoxy) is 1. The van der Waals surface area contributed by atoms with Crippen molar-refractivity contribution < 1.29 is 28.3 Å². The van der Waals surface area contributed by atoms with Crippen molar-refractivity contribution in [3.8, 4) is 16.8 Å².